The predicted molar refractivity (Wildman–Crippen MR) is 285 cm³/mol. The summed E-state index contributed by atoms with van der Waals surface area (Å²) in [6.45, 7) is 0. The Hall–Kier alpha value is -6.16. The Labute approximate surface area is 388 Å². The summed E-state index contributed by atoms with van der Waals surface area (Å²) in [5, 5.41) is 6.42. The minimum atomic E-state index is 0.130. The molecule has 20 radical (unpaired) electrons. The highest BCUT2D eigenvalue weighted by atomic mass is 32.1. The van der Waals surface area contributed by atoms with E-state index in [1.807, 2.05) is 47.0 Å². The highest BCUT2D eigenvalue weighted by Gasteiger charge is 2.24. The van der Waals surface area contributed by atoms with Crippen LogP contribution in [-0.4, -0.2) is 88.0 Å². The van der Waals surface area contributed by atoms with Gasteiger partial charge in [-0.1, -0.05) is 113 Å². The molecule has 64 heavy (non-hydrogen) atoms. The molecule has 0 unspecified atom stereocenters. The van der Waals surface area contributed by atoms with Crippen LogP contribution in [-0.2, 0) is 0 Å². The van der Waals surface area contributed by atoms with Crippen molar-refractivity contribution < 1.29 is 0 Å². The molecule has 0 aliphatic rings. The third kappa shape index (κ3) is 5.96. The first-order chi connectivity index (χ1) is 30.9. The highest BCUT2D eigenvalue weighted by Crippen LogP contribution is 2.48. The van der Waals surface area contributed by atoms with E-state index in [9.17, 15) is 0 Å². The van der Waals surface area contributed by atoms with Gasteiger partial charge in [-0.2, -0.15) is 0 Å². The third-order valence-electron chi connectivity index (χ3n) is 12.6. The number of imidazole rings is 1. The Kier molecular flexibility index (Phi) is 9.67. The molecule has 0 amide bonds. The first-order valence-corrected chi connectivity index (χ1v) is 21.3. The Bertz CT molecular complexity index is 3760. The maximum Gasteiger partial charge on any atom is 0.144 e. The van der Waals surface area contributed by atoms with E-state index >= 15 is 0 Å². The number of nitrogens with zero attached hydrogens (tertiary/aromatic N) is 2. The summed E-state index contributed by atoms with van der Waals surface area (Å²) < 4.78 is 4.42. The molecule has 2 aromatic heterocycles. The molecule has 0 atom stereocenters. The van der Waals surface area contributed by atoms with Crippen LogP contribution in [0.25, 0.3) is 103 Å². The molecule has 0 saturated carbocycles. The number of benzene rings is 9. The fourth-order valence-electron chi connectivity index (χ4n) is 9.42. The van der Waals surface area contributed by atoms with Crippen molar-refractivity contribution >= 4 is 197 Å². The van der Waals surface area contributed by atoms with Gasteiger partial charge in [-0.25, -0.2) is 4.98 Å². The second-order valence-electron chi connectivity index (χ2n) is 16.0. The van der Waals surface area contributed by atoms with Crippen molar-refractivity contribution in [3.8, 4) is 50.5 Å². The standard InChI is InChI=1S/C51H22B10N2S/c52-41-37(42(53)46(57)49(60)45(41)56)24-19-20-28-31(22-24)38(30-14-8-18-35-39(30)29-13-3-6-17-34(29)64-35)27-12-2-1-11-26(27)36(28)23-9-7-10-25(21-23)63-33-16-5-4-15-32(33)62-51(63)40-43(54)47(58)50(61)48(59)44(40)55/h1-22H. The maximum absolute atomic E-state index is 6.73. The first kappa shape index (κ1) is 40.6. The van der Waals surface area contributed by atoms with Crippen LogP contribution in [0.4, 0.5) is 0 Å². The first-order valence-electron chi connectivity index (χ1n) is 20.4. The number of fused-ring (bicyclic) bond motifs is 6. The average molecular weight is 803 g/mol. The summed E-state index contributed by atoms with van der Waals surface area (Å²) in [6, 6.07) is 46.0. The monoisotopic (exact) mass is 804 g/mol. The molecule has 0 aliphatic carbocycles. The second-order valence-corrected chi connectivity index (χ2v) is 17.1. The van der Waals surface area contributed by atoms with Gasteiger partial charge in [0.05, 0.1) is 11.0 Å². The number of hydrogen-bond acceptors (Lipinski definition) is 2. The lowest BCUT2D eigenvalue weighted by molar-refractivity contribution is 1.11. The van der Waals surface area contributed by atoms with Gasteiger partial charge in [-0.05, 0) is 97.4 Å². The minimum absolute atomic E-state index is 0.130. The molecule has 0 fully saturated rings. The summed E-state index contributed by atoms with van der Waals surface area (Å²) >= 11 is 1.78. The van der Waals surface area contributed by atoms with Gasteiger partial charge in [0, 0.05) is 31.4 Å². The Morgan fingerprint density at radius 3 is 1.61 bits per heavy atom. The molecule has 0 aliphatic heterocycles. The normalized spacial score (nSPS) is 11.8. The van der Waals surface area contributed by atoms with Crippen molar-refractivity contribution in [2.24, 2.45) is 0 Å². The lowest BCUT2D eigenvalue weighted by Gasteiger charge is -2.23. The van der Waals surface area contributed by atoms with Crippen molar-refractivity contribution in [2.75, 3.05) is 0 Å². The molecule has 0 spiro atoms. The molecule has 11 aromatic rings. The van der Waals surface area contributed by atoms with Gasteiger partial charge in [0.2, 0.25) is 0 Å². The van der Waals surface area contributed by atoms with Crippen molar-refractivity contribution in [3.63, 3.8) is 0 Å². The van der Waals surface area contributed by atoms with Crippen molar-refractivity contribution in [2.45, 2.75) is 0 Å². The Morgan fingerprint density at radius 1 is 0.375 bits per heavy atom. The molecule has 0 bridgehead atoms. The van der Waals surface area contributed by atoms with Crippen molar-refractivity contribution in [1.29, 1.82) is 0 Å². The van der Waals surface area contributed by atoms with Gasteiger partial charge in [0.1, 0.15) is 84.3 Å². The van der Waals surface area contributed by atoms with Gasteiger partial charge in [0.15, 0.2) is 0 Å². The molecule has 272 valence electrons. The van der Waals surface area contributed by atoms with E-state index in [0.29, 0.717) is 17.0 Å². The third-order valence-corrected chi connectivity index (χ3v) is 13.7. The van der Waals surface area contributed by atoms with Gasteiger partial charge in [0.25, 0.3) is 0 Å². The zero-order valence-corrected chi connectivity index (χ0v) is 35.1. The smallest absolute Gasteiger partial charge is 0.144 e. The van der Waals surface area contributed by atoms with E-state index in [-0.39, 0.29) is 54.6 Å². The Balaban J connectivity index is 1.25. The summed E-state index contributed by atoms with van der Waals surface area (Å²) in [6.07, 6.45) is 0. The van der Waals surface area contributed by atoms with Gasteiger partial charge >= 0.3 is 0 Å². The molecule has 2 heterocycles. The molecule has 13 heteroatoms. The average Bonchev–Trinajstić information content (AvgIpc) is 3.90. The van der Waals surface area contributed by atoms with E-state index in [1.165, 1.54) is 20.2 Å². The van der Waals surface area contributed by atoms with E-state index < -0.39 is 0 Å². The fourth-order valence-corrected chi connectivity index (χ4v) is 10.6. The van der Waals surface area contributed by atoms with Crippen molar-refractivity contribution in [3.05, 3.63) is 133 Å². The Morgan fingerprint density at radius 2 is 0.906 bits per heavy atom. The lowest BCUT2D eigenvalue weighted by Crippen LogP contribution is -2.55. The van der Waals surface area contributed by atoms with E-state index in [0.717, 1.165) is 66.1 Å². The highest BCUT2D eigenvalue weighted by molar-refractivity contribution is 7.26. The summed E-state index contributed by atoms with van der Waals surface area (Å²) in [5.41, 5.74) is 9.98. The molecular weight excluding hydrogens is 781 g/mol. The lowest BCUT2D eigenvalue weighted by atomic mass is 9.59. The van der Waals surface area contributed by atoms with Crippen LogP contribution in [0.1, 0.15) is 0 Å². The van der Waals surface area contributed by atoms with Crippen LogP contribution < -0.4 is 54.6 Å². The minimum Gasteiger partial charge on any atom is -0.292 e. The number of thiophene rings is 1. The van der Waals surface area contributed by atoms with Crippen LogP contribution in [0.5, 0.6) is 0 Å². The SMILES string of the molecule is [B]c1c([B])c([B])c(-c2ccc3c(-c4cccc(-n5c(-c6c([B])c([B])c([B])c([B])c6[B])nc6ccccc65)c4)c4ccccc4c(-c4cccc5sc6ccccc6c45)c3c2)c([B])c1[B]. The second kappa shape index (κ2) is 15.2. The topological polar surface area (TPSA) is 17.8 Å². The molecular formula is C51H22B10N2S. The number of aromatic nitrogens is 2. The van der Waals surface area contributed by atoms with Gasteiger partial charge in [-0.3, -0.25) is 4.57 Å². The number of rotatable bonds is 5. The van der Waals surface area contributed by atoms with E-state index in [1.54, 1.807) is 11.3 Å². The van der Waals surface area contributed by atoms with Crippen LogP contribution in [0, 0.1) is 0 Å². The number of hydrogen-bond donors (Lipinski definition) is 0. The summed E-state index contributed by atoms with van der Waals surface area (Å²) in [5.74, 6) is 0.467. The van der Waals surface area contributed by atoms with Crippen LogP contribution >= 0.6 is 11.3 Å². The molecule has 9 aromatic carbocycles. The molecule has 0 saturated heterocycles. The molecule has 2 nitrogen and oxygen atoms in total. The van der Waals surface area contributed by atoms with E-state index in [2.05, 4.69) is 91.0 Å². The zero-order valence-electron chi connectivity index (χ0n) is 34.3. The van der Waals surface area contributed by atoms with Gasteiger partial charge in [-0.15, -0.1) is 44.1 Å². The van der Waals surface area contributed by atoms with E-state index in [4.69, 9.17) is 83.4 Å². The van der Waals surface area contributed by atoms with Crippen LogP contribution in [0.3, 0.4) is 0 Å². The molecule has 0 N–H and O–H groups in total. The van der Waals surface area contributed by atoms with Crippen LogP contribution in [0.2, 0.25) is 0 Å². The molecule has 11 rings (SSSR count). The summed E-state index contributed by atoms with van der Waals surface area (Å²) in [4.78, 5) is 5.06. The largest absolute Gasteiger partial charge is 0.292 e. The zero-order chi connectivity index (χ0) is 44.3. The maximum atomic E-state index is 6.73. The fraction of sp³-hybridized carbons (Fsp3) is 0. The van der Waals surface area contributed by atoms with Crippen molar-refractivity contribution in [1.82, 2.24) is 9.55 Å². The summed E-state index contributed by atoms with van der Waals surface area (Å²) in [7, 11) is 65.1. The predicted octanol–water partition coefficient (Wildman–Crippen LogP) is 2.31. The van der Waals surface area contributed by atoms with Crippen LogP contribution in [0.15, 0.2) is 133 Å². The quantitative estimate of drug-likeness (QED) is 0.193. The number of para-hydroxylation sites is 2. The van der Waals surface area contributed by atoms with Gasteiger partial charge < -0.3 is 0 Å².